The predicted molar refractivity (Wildman–Crippen MR) is 82.0 cm³/mol. The number of rotatable bonds is 4. The van der Waals surface area contributed by atoms with Crippen LogP contribution in [0.25, 0.3) is 0 Å². The molecule has 7 heteroatoms. The van der Waals surface area contributed by atoms with Crippen molar-refractivity contribution in [3.05, 3.63) is 18.2 Å². The molecular formula is C13H22N3O3S+. The van der Waals surface area contributed by atoms with E-state index in [0.29, 0.717) is 11.4 Å². The number of quaternary nitrogens is 1. The van der Waals surface area contributed by atoms with E-state index in [1.54, 1.807) is 19.2 Å². The monoisotopic (exact) mass is 300 g/mol. The molecule has 1 aromatic carbocycles. The lowest BCUT2D eigenvalue weighted by atomic mass is 10.1. The van der Waals surface area contributed by atoms with Crippen molar-refractivity contribution in [2.45, 2.75) is 18.9 Å². The highest BCUT2D eigenvalue weighted by Gasteiger charge is 2.28. The van der Waals surface area contributed by atoms with Gasteiger partial charge in [0.1, 0.15) is 12.8 Å². The topological polar surface area (TPSA) is 68.0 Å². The minimum Gasteiger partial charge on any atom is -0.491 e. The third-order valence-corrected chi connectivity index (χ3v) is 3.81. The van der Waals surface area contributed by atoms with E-state index in [9.17, 15) is 5.21 Å². The summed E-state index contributed by atoms with van der Waals surface area (Å²) in [6.07, 6.45) is 2.37. The summed E-state index contributed by atoms with van der Waals surface area (Å²) in [6, 6.07) is 5.53. The smallest absolute Gasteiger partial charge is 0.241 e. The van der Waals surface area contributed by atoms with E-state index < -0.39 is 4.16 Å². The Hall–Kier alpha value is -0.990. The zero-order valence-electron chi connectivity index (χ0n) is 11.8. The number of benzene rings is 1. The van der Waals surface area contributed by atoms with Gasteiger partial charge in [-0.05, 0) is 29.1 Å². The maximum atomic E-state index is 9.88. The van der Waals surface area contributed by atoms with Gasteiger partial charge in [0.15, 0.2) is 5.75 Å². The number of piperidine rings is 1. The number of thiol groups is 1. The van der Waals surface area contributed by atoms with Crippen LogP contribution in [0.4, 0.5) is 11.4 Å². The molecule has 0 radical (unpaired) electrons. The van der Waals surface area contributed by atoms with Crippen molar-refractivity contribution >= 4 is 24.2 Å². The Morgan fingerprint density at radius 1 is 1.45 bits per heavy atom. The Bertz CT molecular complexity index is 465. The van der Waals surface area contributed by atoms with Crippen LogP contribution in [0.3, 0.4) is 0 Å². The van der Waals surface area contributed by atoms with Crippen molar-refractivity contribution in [1.29, 1.82) is 0 Å². The van der Waals surface area contributed by atoms with Crippen LogP contribution in [0.5, 0.6) is 5.75 Å². The van der Waals surface area contributed by atoms with Gasteiger partial charge >= 0.3 is 0 Å². The number of anilines is 1. The van der Waals surface area contributed by atoms with Gasteiger partial charge < -0.3 is 14.4 Å². The van der Waals surface area contributed by atoms with Crippen molar-refractivity contribution in [2.24, 2.45) is 5.84 Å². The van der Waals surface area contributed by atoms with E-state index in [4.69, 9.17) is 15.3 Å². The second-order valence-corrected chi connectivity index (χ2v) is 5.56. The van der Waals surface area contributed by atoms with E-state index in [1.807, 2.05) is 6.07 Å². The molecule has 2 rings (SSSR count). The minimum absolute atomic E-state index is 0.233. The van der Waals surface area contributed by atoms with Gasteiger partial charge in [-0.3, -0.25) is 0 Å². The average Bonchev–Trinajstić information content (AvgIpc) is 2.45. The fraction of sp³-hybridized carbons (Fsp3) is 0.538. The second kappa shape index (κ2) is 6.19. The number of hydrogen-bond donors (Lipinski definition) is 3. The van der Waals surface area contributed by atoms with Crippen LogP contribution in [0.2, 0.25) is 0 Å². The highest BCUT2D eigenvalue weighted by atomic mass is 32.1. The van der Waals surface area contributed by atoms with E-state index in [-0.39, 0.29) is 6.10 Å². The molecule has 6 nitrogen and oxygen atoms in total. The second-order valence-electron chi connectivity index (χ2n) is 4.95. The molecule has 1 aliphatic rings. The van der Waals surface area contributed by atoms with Gasteiger partial charge in [0.2, 0.25) is 5.69 Å². The first-order valence-corrected chi connectivity index (χ1v) is 6.95. The third-order valence-electron chi connectivity index (χ3n) is 3.59. The molecule has 1 aromatic rings. The Morgan fingerprint density at radius 2 is 2.20 bits per heavy atom. The molecule has 0 bridgehead atoms. The number of hydrogen-bond acceptors (Lipinski definition) is 6. The number of nitrogens with two attached hydrogens (primary N) is 1. The van der Waals surface area contributed by atoms with Crippen molar-refractivity contribution in [3.63, 3.8) is 0 Å². The highest BCUT2D eigenvalue weighted by Crippen LogP contribution is 2.35. The Kier molecular flexibility index (Phi) is 4.77. The van der Waals surface area contributed by atoms with Crippen molar-refractivity contribution in [3.8, 4) is 5.75 Å². The maximum Gasteiger partial charge on any atom is 0.241 e. The molecule has 20 heavy (non-hydrogen) atoms. The van der Waals surface area contributed by atoms with Gasteiger partial charge in [-0.2, -0.15) is 5.21 Å². The molecule has 1 heterocycles. The summed E-state index contributed by atoms with van der Waals surface area (Å²) < 4.78 is 9.58. The zero-order chi connectivity index (χ0) is 14.8. The summed E-state index contributed by atoms with van der Waals surface area (Å²) in [4.78, 5) is 2.21. The fourth-order valence-electron chi connectivity index (χ4n) is 2.50. The van der Waals surface area contributed by atoms with Gasteiger partial charge in [-0.25, -0.2) is 0 Å². The van der Waals surface area contributed by atoms with Crippen molar-refractivity contribution in [2.75, 3.05) is 32.2 Å². The number of ether oxygens (including phenoxy) is 2. The lowest BCUT2D eigenvalue weighted by Crippen LogP contribution is -2.43. The van der Waals surface area contributed by atoms with Crippen molar-refractivity contribution in [1.82, 2.24) is 4.16 Å². The third kappa shape index (κ3) is 3.36. The molecule has 1 aliphatic heterocycles. The molecule has 2 unspecified atom stereocenters. The Labute approximate surface area is 124 Å². The lowest BCUT2D eigenvalue weighted by molar-refractivity contribution is 0.0244. The molecule has 1 saturated heterocycles. The normalized spacial score (nSPS) is 22.4. The van der Waals surface area contributed by atoms with E-state index in [2.05, 4.69) is 17.7 Å². The van der Waals surface area contributed by atoms with Gasteiger partial charge in [0.05, 0.1) is 13.2 Å². The molecule has 0 aromatic heterocycles. The molecule has 0 amide bonds. The SMILES string of the molecule is COc1ccc(N2CCCC(OC)C2)cc1[N+](N)(O)S. The fourth-order valence-corrected chi connectivity index (χ4v) is 2.65. The van der Waals surface area contributed by atoms with E-state index in [1.165, 1.54) is 7.11 Å². The first-order chi connectivity index (χ1) is 9.45. The van der Waals surface area contributed by atoms with Crippen LogP contribution < -0.4 is 19.6 Å². The van der Waals surface area contributed by atoms with Gasteiger partial charge in [0, 0.05) is 32.0 Å². The summed E-state index contributed by atoms with van der Waals surface area (Å²) in [5.41, 5.74) is 1.37. The first kappa shape index (κ1) is 15.4. The van der Waals surface area contributed by atoms with Gasteiger partial charge in [-0.1, -0.05) is 0 Å². The molecule has 112 valence electrons. The van der Waals surface area contributed by atoms with Crippen LogP contribution in [-0.2, 0) is 4.74 Å². The molecule has 1 fully saturated rings. The molecule has 0 saturated carbocycles. The molecule has 2 atom stereocenters. The molecule has 0 spiro atoms. The summed E-state index contributed by atoms with van der Waals surface area (Å²) in [7, 11) is 3.26. The van der Waals surface area contributed by atoms with Crippen molar-refractivity contribution < 1.29 is 14.7 Å². The van der Waals surface area contributed by atoms with Crippen LogP contribution in [-0.4, -0.2) is 38.6 Å². The summed E-state index contributed by atoms with van der Waals surface area (Å²) in [6.45, 7) is 1.78. The van der Waals surface area contributed by atoms with E-state index in [0.717, 1.165) is 31.6 Å². The summed E-state index contributed by atoms with van der Waals surface area (Å²) in [5, 5.41) is 9.88. The molecule has 0 aliphatic carbocycles. The van der Waals surface area contributed by atoms with Gasteiger partial charge in [0.25, 0.3) is 0 Å². The van der Waals surface area contributed by atoms with Gasteiger partial charge in [-0.15, -0.1) is 5.84 Å². The van der Waals surface area contributed by atoms with Crippen LogP contribution in [0.15, 0.2) is 18.2 Å². The lowest BCUT2D eigenvalue weighted by Gasteiger charge is -2.34. The average molecular weight is 300 g/mol. The minimum atomic E-state index is -1.06. The Balaban J connectivity index is 2.29. The standard InChI is InChI=1S/C13H22N3O3S/c1-18-11-4-3-7-15(9-11)10-5-6-13(19-2)12(8-10)16(14,17)20/h5-6,8,11,17,20H,3-4,7,9,14H2,1-2H3/q+1. The molecule has 3 N–H and O–H groups in total. The van der Waals surface area contributed by atoms with E-state index >= 15 is 0 Å². The maximum absolute atomic E-state index is 9.88. The number of nitrogens with zero attached hydrogens (tertiary/aromatic N) is 2. The quantitative estimate of drug-likeness (QED) is 0.342. The summed E-state index contributed by atoms with van der Waals surface area (Å²) >= 11 is 3.96. The largest absolute Gasteiger partial charge is 0.491 e. The predicted octanol–water partition coefficient (Wildman–Crippen LogP) is 1.73. The van der Waals surface area contributed by atoms with Crippen LogP contribution >= 0.6 is 12.8 Å². The number of methoxy groups -OCH3 is 2. The van der Waals surface area contributed by atoms with Crippen LogP contribution in [0.1, 0.15) is 12.8 Å². The first-order valence-electron chi connectivity index (χ1n) is 6.55. The Morgan fingerprint density at radius 3 is 2.80 bits per heavy atom. The van der Waals surface area contributed by atoms with Crippen LogP contribution in [0, 0.1) is 0 Å². The zero-order valence-corrected chi connectivity index (χ0v) is 12.7. The highest BCUT2D eigenvalue weighted by molar-refractivity contribution is 7.79. The summed E-state index contributed by atoms with van der Waals surface area (Å²) in [5.74, 6) is 6.11. The molecular weight excluding hydrogens is 278 g/mol.